The summed E-state index contributed by atoms with van der Waals surface area (Å²) < 4.78 is 0. The molecule has 1 atom stereocenters. The van der Waals surface area contributed by atoms with Crippen molar-refractivity contribution in [2.24, 2.45) is 17.3 Å². The Morgan fingerprint density at radius 1 is 1.06 bits per heavy atom. The van der Waals surface area contributed by atoms with Gasteiger partial charge < -0.3 is 4.90 Å². The zero-order valence-electron chi connectivity index (χ0n) is 13.2. The van der Waals surface area contributed by atoms with E-state index in [0.29, 0.717) is 5.92 Å². The number of hydrogen-bond donors (Lipinski definition) is 0. The van der Waals surface area contributed by atoms with Gasteiger partial charge in [0, 0.05) is 18.4 Å². The lowest BCUT2D eigenvalue weighted by Gasteiger charge is -2.34. The highest BCUT2D eigenvalue weighted by atomic mass is 16.2. The molecule has 0 aliphatic heterocycles. The summed E-state index contributed by atoms with van der Waals surface area (Å²) in [6.45, 7) is 13.6. The van der Waals surface area contributed by atoms with E-state index in [4.69, 9.17) is 0 Å². The molecule has 0 aliphatic carbocycles. The van der Waals surface area contributed by atoms with Crippen molar-refractivity contribution >= 4 is 11.7 Å². The second-order valence-corrected chi connectivity index (χ2v) is 6.86. The molecule has 0 fully saturated rings. The fourth-order valence-electron chi connectivity index (χ4n) is 1.95. The van der Waals surface area contributed by atoms with Gasteiger partial charge >= 0.3 is 0 Å². The summed E-state index contributed by atoms with van der Waals surface area (Å²) in [6.07, 6.45) is 0.727. The van der Waals surface area contributed by atoms with E-state index in [1.165, 1.54) is 0 Å². The van der Waals surface area contributed by atoms with Crippen LogP contribution in [0.4, 0.5) is 0 Å². The molecule has 0 bridgehead atoms. The predicted octanol–water partition coefficient (Wildman–Crippen LogP) is 3.13. The van der Waals surface area contributed by atoms with Crippen molar-refractivity contribution in [2.75, 3.05) is 7.05 Å². The van der Waals surface area contributed by atoms with E-state index in [-0.39, 0.29) is 23.7 Å². The Labute approximate surface area is 112 Å². The van der Waals surface area contributed by atoms with Gasteiger partial charge in [0.15, 0.2) is 5.78 Å². The molecule has 0 saturated carbocycles. The fourth-order valence-corrected chi connectivity index (χ4v) is 1.95. The van der Waals surface area contributed by atoms with Crippen LogP contribution in [-0.4, -0.2) is 29.7 Å². The number of rotatable bonds is 5. The first-order valence-corrected chi connectivity index (χ1v) is 6.79. The minimum atomic E-state index is -0.412. The van der Waals surface area contributed by atoms with Crippen LogP contribution >= 0.6 is 0 Å². The first-order valence-electron chi connectivity index (χ1n) is 6.79. The number of carbonyl (C=O) groups excluding carboxylic acids is 2. The number of ketones is 1. The molecule has 0 heterocycles. The number of carbonyl (C=O) groups is 2. The topological polar surface area (TPSA) is 37.4 Å². The van der Waals surface area contributed by atoms with Crippen molar-refractivity contribution < 1.29 is 9.59 Å². The second kappa shape index (κ2) is 6.35. The Morgan fingerprint density at radius 3 is 1.78 bits per heavy atom. The minimum Gasteiger partial charge on any atom is -0.335 e. The maximum Gasteiger partial charge on any atom is 0.225 e. The molecule has 18 heavy (non-hydrogen) atoms. The van der Waals surface area contributed by atoms with E-state index in [1.54, 1.807) is 11.9 Å². The molecule has 106 valence electrons. The van der Waals surface area contributed by atoms with Crippen molar-refractivity contribution in [3.8, 4) is 0 Å². The highest BCUT2D eigenvalue weighted by Gasteiger charge is 2.35. The van der Waals surface area contributed by atoms with Gasteiger partial charge in [-0.3, -0.25) is 9.59 Å². The Kier molecular flexibility index (Phi) is 6.05. The summed E-state index contributed by atoms with van der Waals surface area (Å²) in [5, 5.41) is 0. The molecule has 0 aliphatic rings. The van der Waals surface area contributed by atoms with Crippen molar-refractivity contribution in [1.82, 2.24) is 4.90 Å². The van der Waals surface area contributed by atoms with Crippen molar-refractivity contribution in [1.29, 1.82) is 0 Å². The lowest BCUT2D eigenvalue weighted by atomic mass is 9.83. The lowest BCUT2D eigenvalue weighted by Crippen LogP contribution is -2.48. The van der Waals surface area contributed by atoms with Crippen LogP contribution in [0, 0.1) is 17.3 Å². The molecular formula is C15H29NO2. The third kappa shape index (κ3) is 4.79. The van der Waals surface area contributed by atoms with E-state index < -0.39 is 5.41 Å². The molecule has 0 aromatic carbocycles. The normalized spacial score (nSPS) is 13.9. The Hall–Kier alpha value is -0.860. The summed E-state index contributed by atoms with van der Waals surface area (Å²) in [5.41, 5.74) is -0.412. The van der Waals surface area contributed by atoms with Crippen LogP contribution in [0.15, 0.2) is 0 Å². The van der Waals surface area contributed by atoms with Gasteiger partial charge in [-0.2, -0.15) is 0 Å². The van der Waals surface area contributed by atoms with E-state index >= 15 is 0 Å². The van der Waals surface area contributed by atoms with Crippen LogP contribution in [0.3, 0.4) is 0 Å². The van der Waals surface area contributed by atoms with Gasteiger partial charge in [-0.1, -0.05) is 48.5 Å². The van der Waals surface area contributed by atoms with Gasteiger partial charge in [0.05, 0.1) is 6.04 Å². The maximum absolute atomic E-state index is 12.5. The second-order valence-electron chi connectivity index (χ2n) is 6.86. The van der Waals surface area contributed by atoms with Crippen LogP contribution in [0.2, 0.25) is 0 Å². The molecule has 0 saturated heterocycles. The number of hydrogen-bond acceptors (Lipinski definition) is 2. The van der Waals surface area contributed by atoms with Gasteiger partial charge in [0.1, 0.15) is 0 Å². The van der Waals surface area contributed by atoms with Crippen molar-refractivity contribution in [3.63, 3.8) is 0 Å². The molecule has 0 rings (SSSR count). The third-order valence-corrected chi connectivity index (χ3v) is 3.05. The third-order valence-electron chi connectivity index (χ3n) is 3.05. The first-order chi connectivity index (χ1) is 7.98. The molecular weight excluding hydrogens is 226 g/mol. The molecule has 1 amide bonds. The summed E-state index contributed by atoms with van der Waals surface area (Å²) in [4.78, 5) is 26.2. The van der Waals surface area contributed by atoms with Gasteiger partial charge in [-0.15, -0.1) is 0 Å². The van der Waals surface area contributed by atoms with Crippen molar-refractivity contribution in [2.45, 2.75) is 60.9 Å². The van der Waals surface area contributed by atoms with E-state index in [0.717, 1.165) is 6.42 Å². The molecule has 0 N–H and O–H groups in total. The highest BCUT2D eigenvalue weighted by Crippen LogP contribution is 2.24. The zero-order chi connectivity index (χ0) is 14.7. The standard InChI is InChI=1S/C15H29NO2/c1-10(2)9-12(13(17)15(5,6)7)16(8)14(18)11(3)4/h10-12H,9H2,1-8H3/t12-/m1/s1. The summed E-state index contributed by atoms with van der Waals surface area (Å²) in [6, 6.07) is -0.306. The molecule has 0 aromatic rings. The van der Waals surface area contributed by atoms with Gasteiger partial charge in [0.25, 0.3) is 0 Å². The Bertz CT molecular complexity index is 300. The zero-order valence-corrected chi connectivity index (χ0v) is 13.2. The monoisotopic (exact) mass is 255 g/mol. The Balaban J connectivity index is 5.12. The van der Waals surface area contributed by atoms with Crippen LogP contribution in [-0.2, 0) is 9.59 Å². The minimum absolute atomic E-state index is 0.0400. The molecule has 0 spiro atoms. The summed E-state index contributed by atoms with van der Waals surface area (Å²) >= 11 is 0. The van der Waals surface area contributed by atoms with Gasteiger partial charge in [-0.25, -0.2) is 0 Å². The highest BCUT2D eigenvalue weighted by molar-refractivity contribution is 5.92. The first kappa shape index (κ1) is 17.1. The Morgan fingerprint density at radius 2 is 1.50 bits per heavy atom. The van der Waals surface area contributed by atoms with Crippen LogP contribution < -0.4 is 0 Å². The van der Waals surface area contributed by atoms with Crippen LogP contribution in [0.5, 0.6) is 0 Å². The number of nitrogens with zero attached hydrogens (tertiary/aromatic N) is 1. The largest absolute Gasteiger partial charge is 0.335 e. The quantitative estimate of drug-likeness (QED) is 0.757. The molecule has 3 heteroatoms. The lowest BCUT2D eigenvalue weighted by molar-refractivity contribution is -0.144. The average Bonchev–Trinajstić information content (AvgIpc) is 2.21. The molecule has 0 unspecified atom stereocenters. The van der Waals surface area contributed by atoms with E-state index in [2.05, 4.69) is 13.8 Å². The van der Waals surface area contributed by atoms with E-state index in [1.807, 2.05) is 34.6 Å². The smallest absolute Gasteiger partial charge is 0.225 e. The molecule has 3 nitrogen and oxygen atoms in total. The van der Waals surface area contributed by atoms with Gasteiger partial charge in [-0.05, 0) is 12.3 Å². The SMILES string of the molecule is CC(C)C[C@H](C(=O)C(C)(C)C)N(C)C(=O)C(C)C. The fraction of sp³-hybridized carbons (Fsp3) is 0.867. The number of Topliss-reactive ketones (excluding diaryl/α,β-unsaturated/α-hetero) is 1. The van der Waals surface area contributed by atoms with E-state index in [9.17, 15) is 9.59 Å². The predicted molar refractivity (Wildman–Crippen MR) is 75.3 cm³/mol. The van der Waals surface area contributed by atoms with Crippen LogP contribution in [0.25, 0.3) is 0 Å². The molecule has 0 radical (unpaired) electrons. The number of likely N-dealkylation sites (N-methyl/N-ethyl adjacent to an activating group) is 1. The van der Waals surface area contributed by atoms with Crippen molar-refractivity contribution in [3.05, 3.63) is 0 Å². The van der Waals surface area contributed by atoms with Crippen LogP contribution in [0.1, 0.15) is 54.9 Å². The molecule has 0 aromatic heterocycles. The summed E-state index contributed by atoms with van der Waals surface area (Å²) in [7, 11) is 1.75. The van der Waals surface area contributed by atoms with Gasteiger partial charge in [0.2, 0.25) is 5.91 Å². The maximum atomic E-state index is 12.5. The number of amides is 1. The summed E-state index contributed by atoms with van der Waals surface area (Å²) in [5.74, 6) is 0.507. The average molecular weight is 255 g/mol.